The largest absolute Gasteiger partial charge is 0.508 e. The SMILES string of the molecule is O=C(O)C1=CNC(=O)N(C(=O)NCCCN2CCC(c3ccc(O)cc3)CC2c2ccccc2)C1c1ccc(F)c(F)c1. The molecule has 3 unspecified atom stereocenters. The number of halogens is 2. The molecule has 0 aromatic heterocycles. The molecular weight excluding hydrogens is 558 g/mol. The highest BCUT2D eigenvalue weighted by Crippen LogP contribution is 2.39. The predicted octanol–water partition coefficient (Wildman–Crippen LogP) is 5.43. The number of imide groups is 1. The number of hydrogen-bond donors (Lipinski definition) is 4. The van der Waals surface area contributed by atoms with Crippen LogP contribution in [0.2, 0.25) is 0 Å². The number of nitrogens with zero attached hydrogens (tertiary/aromatic N) is 2. The van der Waals surface area contributed by atoms with Gasteiger partial charge in [-0.15, -0.1) is 0 Å². The molecular formula is C32H32F2N4O5. The summed E-state index contributed by atoms with van der Waals surface area (Å²) in [5, 5.41) is 24.3. The Kier molecular flexibility index (Phi) is 9.01. The molecule has 3 aromatic rings. The Morgan fingerprint density at radius 3 is 2.37 bits per heavy atom. The molecule has 0 aliphatic carbocycles. The van der Waals surface area contributed by atoms with E-state index < -0.39 is 35.7 Å². The van der Waals surface area contributed by atoms with Crippen LogP contribution in [0, 0.1) is 11.6 Å². The van der Waals surface area contributed by atoms with Crippen molar-refractivity contribution in [3.8, 4) is 5.75 Å². The third-order valence-electron chi connectivity index (χ3n) is 8.01. The molecule has 2 aliphatic rings. The standard InChI is InChI=1S/C32H32F2N4O5/c33-26-12-9-23(17-27(26)34)29-25(30(40)41)19-36-32(43)38(29)31(42)35-14-4-15-37-16-13-22(20-7-10-24(39)11-8-20)18-28(37)21-5-2-1-3-6-21/h1-3,5-12,17,19,22,28-29,39H,4,13-16,18H2,(H,35,42)(H,36,43)(H,40,41). The molecule has 3 aromatic carbocycles. The second kappa shape index (κ2) is 13.0. The van der Waals surface area contributed by atoms with Crippen molar-refractivity contribution in [2.75, 3.05) is 19.6 Å². The zero-order chi connectivity index (χ0) is 30.5. The van der Waals surface area contributed by atoms with Gasteiger partial charge in [0, 0.05) is 25.3 Å². The quantitative estimate of drug-likeness (QED) is 0.260. The Labute approximate surface area is 247 Å². The minimum atomic E-state index is -1.46. The van der Waals surface area contributed by atoms with Crippen molar-refractivity contribution in [2.45, 2.75) is 37.3 Å². The number of nitrogens with one attached hydrogen (secondary N) is 2. The van der Waals surface area contributed by atoms with Crippen LogP contribution in [0.3, 0.4) is 0 Å². The molecule has 43 heavy (non-hydrogen) atoms. The van der Waals surface area contributed by atoms with E-state index in [4.69, 9.17) is 0 Å². The number of aromatic hydroxyl groups is 1. The number of phenolic OH excluding ortho intramolecular Hbond substituents is 1. The fourth-order valence-electron chi connectivity index (χ4n) is 5.86. The van der Waals surface area contributed by atoms with Gasteiger partial charge < -0.3 is 20.8 Å². The molecule has 3 atom stereocenters. The van der Waals surface area contributed by atoms with Crippen LogP contribution in [0.4, 0.5) is 18.4 Å². The van der Waals surface area contributed by atoms with Crippen molar-refractivity contribution in [1.29, 1.82) is 0 Å². The number of carboxylic acid groups (broad SMARTS) is 1. The average molecular weight is 591 g/mol. The van der Waals surface area contributed by atoms with E-state index in [1.54, 1.807) is 12.1 Å². The van der Waals surface area contributed by atoms with Crippen molar-refractivity contribution in [2.24, 2.45) is 0 Å². The number of carbonyl (C=O) groups excluding carboxylic acids is 2. The van der Waals surface area contributed by atoms with E-state index in [0.717, 1.165) is 43.8 Å². The van der Waals surface area contributed by atoms with Gasteiger partial charge >= 0.3 is 18.0 Å². The summed E-state index contributed by atoms with van der Waals surface area (Å²) in [5.41, 5.74) is 1.93. The van der Waals surface area contributed by atoms with E-state index in [-0.39, 0.29) is 29.5 Å². The van der Waals surface area contributed by atoms with Crippen LogP contribution < -0.4 is 10.6 Å². The molecule has 1 fully saturated rings. The smallest absolute Gasteiger partial charge is 0.335 e. The summed E-state index contributed by atoms with van der Waals surface area (Å²) < 4.78 is 27.6. The number of likely N-dealkylation sites (tertiary alicyclic amines) is 1. The third-order valence-corrected chi connectivity index (χ3v) is 8.01. The first-order chi connectivity index (χ1) is 20.7. The number of carboxylic acids is 1. The highest BCUT2D eigenvalue weighted by Gasteiger charge is 2.39. The number of aliphatic carboxylic acids is 1. The lowest BCUT2D eigenvalue weighted by Gasteiger charge is -2.40. The number of amides is 4. The highest BCUT2D eigenvalue weighted by molar-refractivity contribution is 6.00. The van der Waals surface area contributed by atoms with Gasteiger partial charge in [-0.2, -0.15) is 0 Å². The van der Waals surface area contributed by atoms with E-state index in [1.165, 1.54) is 11.1 Å². The average Bonchev–Trinajstić information content (AvgIpc) is 3.01. The number of urea groups is 2. The lowest BCUT2D eigenvalue weighted by molar-refractivity contribution is -0.133. The first-order valence-corrected chi connectivity index (χ1v) is 14.1. The van der Waals surface area contributed by atoms with Gasteiger partial charge in [0.05, 0.1) is 5.57 Å². The van der Waals surface area contributed by atoms with Crippen molar-refractivity contribution in [3.05, 3.63) is 113 Å². The molecule has 9 nitrogen and oxygen atoms in total. The number of carbonyl (C=O) groups is 3. The summed E-state index contributed by atoms with van der Waals surface area (Å²) in [6, 6.07) is 17.2. The highest BCUT2D eigenvalue weighted by atomic mass is 19.2. The number of rotatable bonds is 8. The van der Waals surface area contributed by atoms with E-state index >= 15 is 0 Å². The van der Waals surface area contributed by atoms with Gasteiger partial charge in [0.2, 0.25) is 0 Å². The molecule has 0 bridgehead atoms. The molecule has 2 aliphatic heterocycles. The van der Waals surface area contributed by atoms with Crippen molar-refractivity contribution >= 4 is 18.0 Å². The molecule has 224 valence electrons. The van der Waals surface area contributed by atoms with Crippen LogP contribution in [0.5, 0.6) is 5.75 Å². The summed E-state index contributed by atoms with van der Waals surface area (Å²) in [6.07, 6.45) is 3.31. The van der Waals surface area contributed by atoms with E-state index in [1.807, 2.05) is 30.3 Å². The van der Waals surface area contributed by atoms with Gasteiger partial charge in [0.25, 0.3) is 0 Å². The van der Waals surface area contributed by atoms with E-state index in [9.17, 15) is 33.4 Å². The summed E-state index contributed by atoms with van der Waals surface area (Å²) in [6.45, 7) is 1.67. The Morgan fingerprint density at radius 2 is 1.67 bits per heavy atom. The van der Waals surface area contributed by atoms with Gasteiger partial charge in [-0.1, -0.05) is 48.5 Å². The molecule has 0 saturated carbocycles. The maximum absolute atomic E-state index is 14.0. The number of benzene rings is 3. The van der Waals surface area contributed by atoms with E-state index in [2.05, 4.69) is 27.7 Å². The van der Waals surface area contributed by atoms with Crippen LogP contribution in [0.25, 0.3) is 0 Å². The summed E-state index contributed by atoms with van der Waals surface area (Å²) in [7, 11) is 0. The molecule has 1 saturated heterocycles. The summed E-state index contributed by atoms with van der Waals surface area (Å²) in [4.78, 5) is 40.9. The Balaban J connectivity index is 1.25. The Bertz CT molecular complexity index is 1520. The Hall–Kier alpha value is -4.77. The predicted molar refractivity (Wildman–Crippen MR) is 154 cm³/mol. The molecule has 0 radical (unpaired) electrons. The van der Waals surface area contributed by atoms with Gasteiger partial charge in [0.1, 0.15) is 11.8 Å². The maximum atomic E-state index is 14.0. The molecule has 2 heterocycles. The first kappa shape index (κ1) is 29.7. The van der Waals surface area contributed by atoms with E-state index in [0.29, 0.717) is 23.8 Å². The first-order valence-electron chi connectivity index (χ1n) is 14.1. The van der Waals surface area contributed by atoms with Crippen LogP contribution in [-0.2, 0) is 4.79 Å². The second-order valence-corrected chi connectivity index (χ2v) is 10.7. The lowest BCUT2D eigenvalue weighted by Crippen LogP contribution is -2.53. The minimum Gasteiger partial charge on any atom is -0.508 e. The number of hydrogen-bond acceptors (Lipinski definition) is 5. The molecule has 11 heteroatoms. The molecule has 4 amide bonds. The maximum Gasteiger partial charge on any atom is 0.335 e. The zero-order valence-corrected chi connectivity index (χ0v) is 23.2. The molecule has 5 rings (SSSR count). The van der Waals surface area contributed by atoms with Crippen LogP contribution in [0.15, 0.2) is 84.6 Å². The summed E-state index contributed by atoms with van der Waals surface area (Å²) in [5.74, 6) is -3.23. The van der Waals surface area contributed by atoms with Crippen LogP contribution >= 0.6 is 0 Å². The Morgan fingerprint density at radius 1 is 0.953 bits per heavy atom. The molecule has 4 N–H and O–H groups in total. The van der Waals surface area contributed by atoms with Gasteiger partial charge in [-0.3, -0.25) is 4.90 Å². The lowest BCUT2D eigenvalue weighted by atomic mass is 9.82. The van der Waals surface area contributed by atoms with Crippen LogP contribution in [0.1, 0.15) is 54.0 Å². The van der Waals surface area contributed by atoms with Gasteiger partial charge in [-0.25, -0.2) is 28.1 Å². The fraction of sp³-hybridized carbons (Fsp3) is 0.281. The normalized spacial score (nSPS) is 20.7. The fourth-order valence-corrected chi connectivity index (χ4v) is 5.86. The van der Waals surface area contributed by atoms with Gasteiger partial charge in [-0.05, 0) is 72.7 Å². The monoisotopic (exact) mass is 590 g/mol. The third kappa shape index (κ3) is 6.67. The zero-order valence-electron chi connectivity index (χ0n) is 23.2. The topological polar surface area (TPSA) is 122 Å². The molecule has 0 spiro atoms. The minimum absolute atomic E-state index is 0.0558. The van der Waals surface area contributed by atoms with Crippen LogP contribution in [-0.4, -0.2) is 57.7 Å². The van der Waals surface area contributed by atoms with Crippen molar-refractivity contribution in [1.82, 2.24) is 20.4 Å². The number of piperidine rings is 1. The van der Waals surface area contributed by atoms with Crippen molar-refractivity contribution in [3.63, 3.8) is 0 Å². The van der Waals surface area contributed by atoms with Crippen molar-refractivity contribution < 1.29 is 33.4 Å². The number of phenols is 1. The summed E-state index contributed by atoms with van der Waals surface area (Å²) >= 11 is 0. The second-order valence-electron chi connectivity index (χ2n) is 10.7. The van der Waals surface area contributed by atoms with Gasteiger partial charge in [0.15, 0.2) is 11.6 Å².